The monoisotopic (exact) mass is 208 g/mol. The van der Waals surface area contributed by atoms with E-state index in [0.29, 0.717) is 0 Å². The van der Waals surface area contributed by atoms with Gasteiger partial charge in [-0.15, -0.1) is 0 Å². The first-order valence-corrected chi connectivity index (χ1v) is 5.54. The van der Waals surface area contributed by atoms with Gasteiger partial charge in [-0.1, -0.05) is 19.1 Å². The van der Waals surface area contributed by atoms with Crippen LogP contribution in [0, 0.1) is 5.82 Å². The van der Waals surface area contributed by atoms with Crippen molar-refractivity contribution in [2.75, 3.05) is 13.1 Å². The van der Waals surface area contributed by atoms with Crippen LogP contribution in [0.25, 0.3) is 5.57 Å². The third kappa shape index (κ3) is 3.84. The lowest BCUT2D eigenvalue weighted by molar-refractivity contribution is -0.642. The minimum atomic E-state index is -0.172. The molecule has 82 valence electrons. The molecule has 0 atom stereocenters. The number of quaternary nitrogens is 1. The highest BCUT2D eigenvalue weighted by Gasteiger charge is 1.99. The van der Waals surface area contributed by atoms with Crippen LogP contribution in [0.4, 0.5) is 4.39 Å². The SMILES string of the molecule is CC[NH2+]C/C=C(\CC)c1ccc(F)cc1. The maximum absolute atomic E-state index is 12.7. The summed E-state index contributed by atoms with van der Waals surface area (Å²) in [6.45, 7) is 6.35. The molecule has 0 saturated carbocycles. The number of nitrogens with two attached hydrogens (primary N) is 1. The first kappa shape index (κ1) is 11.9. The largest absolute Gasteiger partial charge is 0.343 e. The molecule has 1 nitrogen and oxygen atoms in total. The van der Waals surface area contributed by atoms with Crippen LogP contribution in [-0.2, 0) is 0 Å². The van der Waals surface area contributed by atoms with Crippen molar-refractivity contribution >= 4 is 5.57 Å². The van der Waals surface area contributed by atoms with Crippen molar-refractivity contribution in [1.29, 1.82) is 0 Å². The summed E-state index contributed by atoms with van der Waals surface area (Å²) < 4.78 is 12.7. The molecular weight excluding hydrogens is 189 g/mol. The van der Waals surface area contributed by atoms with E-state index >= 15 is 0 Å². The lowest BCUT2D eigenvalue weighted by Crippen LogP contribution is -2.83. The summed E-state index contributed by atoms with van der Waals surface area (Å²) in [4.78, 5) is 0. The predicted octanol–water partition coefficient (Wildman–Crippen LogP) is 2.20. The lowest BCUT2D eigenvalue weighted by Gasteiger charge is -2.04. The molecule has 0 radical (unpaired) electrons. The van der Waals surface area contributed by atoms with Gasteiger partial charge in [0, 0.05) is 0 Å². The standard InChI is InChI=1S/C13H18FN/c1-3-11(9-10-15-4-2)12-5-7-13(14)8-6-12/h5-9,15H,3-4,10H2,1-2H3/p+1/b11-9+. The molecule has 0 saturated heterocycles. The van der Waals surface area contributed by atoms with Crippen molar-refractivity contribution in [1.82, 2.24) is 0 Å². The van der Waals surface area contributed by atoms with Gasteiger partial charge in [0.25, 0.3) is 0 Å². The Morgan fingerprint density at radius 3 is 2.47 bits per heavy atom. The van der Waals surface area contributed by atoms with Gasteiger partial charge in [0.2, 0.25) is 0 Å². The van der Waals surface area contributed by atoms with E-state index in [-0.39, 0.29) is 5.82 Å². The Morgan fingerprint density at radius 1 is 1.27 bits per heavy atom. The van der Waals surface area contributed by atoms with Crippen LogP contribution < -0.4 is 5.32 Å². The van der Waals surface area contributed by atoms with Crippen LogP contribution in [-0.4, -0.2) is 13.1 Å². The Bertz CT molecular complexity index is 314. The third-order valence-corrected chi connectivity index (χ3v) is 2.42. The smallest absolute Gasteiger partial charge is 0.123 e. The molecular formula is C13H19FN+. The van der Waals surface area contributed by atoms with Gasteiger partial charge < -0.3 is 5.32 Å². The molecule has 1 aromatic rings. The molecule has 2 N–H and O–H groups in total. The molecule has 1 aromatic carbocycles. The van der Waals surface area contributed by atoms with E-state index in [2.05, 4.69) is 25.2 Å². The minimum absolute atomic E-state index is 0.172. The highest BCUT2D eigenvalue weighted by atomic mass is 19.1. The molecule has 0 amide bonds. The van der Waals surface area contributed by atoms with Crippen molar-refractivity contribution in [2.45, 2.75) is 20.3 Å². The number of rotatable bonds is 5. The highest BCUT2D eigenvalue weighted by molar-refractivity contribution is 5.65. The third-order valence-electron chi connectivity index (χ3n) is 2.42. The number of halogens is 1. The maximum atomic E-state index is 12.7. The number of hydrogen-bond acceptors (Lipinski definition) is 0. The van der Waals surface area contributed by atoms with Gasteiger partial charge in [0.1, 0.15) is 5.82 Å². The van der Waals surface area contributed by atoms with Crippen LogP contribution in [0.15, 0.2) is 30.3 Å². The van der Waals surface area contributed by atoms with Crippen molar-refractivity contribution in [3.63, 3.8) is 0 Å². The second kappa shape index (κ2) is 6.36. The summed E-state index contributed by atoms with van der Waals surface area (Å²) in [5, 5.41) is 2.24. The van der Waals surface area contributed by atoms with Crippen LogP contribution >= 0.6 is 0 Å². The summed E-state index contributed by atoms with van der Waals surface area (Å²) in [5.74, 6) is -0.172. The normalized spacial score (nSPS) is 11.8. The Morgan fingerprint density at radius 2 is 1.93 bits per heavy atom. The first-order chi connectivity index (χ1) is 7.27. The second-order valence-electron chi connectivity index (χ2n) is 3.52. The average Bonchev–Trinajstić information content (AvgIpc) is 2.26. The van der Waals surface area contributed by atoms with E-state index < -0.39 is 0 Å². The molecule has 0 bridgehead atoms. The number of benzene rings is 1. The Labute approximate surface area is 91.0 Å². The summed E-state index contributed by atoms with van der Waals surface area (Å²) >= 11 is 0. The Hall–Kier alpha value is -1.15. The lowest BCUT2D eigenvalue weighted by atomic mass is 10.0. The van der Waals surface area contributed by atoms with Gasteiger partial charge in [-0.05, 0) is 42.7 Å². The van der Waals surface area contributed by atoms with Crippen LogP contribution in [0.1, 0.15) is 25.8 Å². The van der Waals surface area contributed by atoms with Gasteiger partial charge in [-0.25, -0.2) is 4.39 Å². The molecule has 1 rings (SSSR count). The molecule has 0 aliphatic carbocycles. The number of likely N-dealkylation sites (N-methyl/N-ethyl adjacent to an activating group) is 1. The summed E-state index contributed by atoms with van der Waals surface area (Å²) in [5.41, 5.74) is 2.42. The average molecular weight is 208 g/mol. The maximum Gasteiger partial charge on any atom is 0.123 e. The summed E-state index contributed by atoms with van der Waals surface area (Å²) in [7, 11) is 0. The fourth-order valence-corrected chi connectivity index (χ4v) is 1.52. The van der Waals surface area contributed by atoms with Crippen molar-refractivity contribution in [3.8, 4) is 0 Å². The molecule has 0 aliphatic rings. The van der Waals surface area contributed by atoms with Gasteiger partial charge in [-0.2, -0.15) is 0 Å². The second-order valence-corrected chi connectivity index (χ2v) is 3.52. The van der Waals surface area contributed by atoms with Crippen LogP contribution in [0.3, 0.4) is 0 Å². The van der Waals surface area contributed by atoms with E-state index in [9.17, 15) is 4.39 Å². The molecule has 0 aromatic heterocycles. The topological polar surface area (TPSA) is 16.6 Å². The molecule has 2 heteroatoms. The Balaban J connectivity index is 2.73. The van der Waals surface area contributed by atoms with E-state index in [0.717, 1.165) is 25.1 Å². The zero-order valence-electron chi connectivity index (χ0n) is 9.46. The first-order valence-electron chi connectivity index (χ1n) is 5.54. The fourth-order valence-electron chi connectivity index (χ4n) is 1.52. The molecule has 0 unspecified atom stereocenters. The number of hydrogen-bond donors (Lipinski definition) is 1. The Kier molecular flexibility index (Phi) is 5.05. The van der Waals surface area contributed by atoms with Crippen molar-refractivity contribution in [3.05, 3.63) is 41.7 Å². The van der Waals surface area contributed by atoms with Crippen molar-refractivity contribution in [2.24, 2.45) is 0 Å². The highest BCUT2D eigenvalue weighted by Crippen LogP contribution is 2.17. The molecule has 0 spiro atoms. The van der Waals surface area contributed by atoms with Crippen LogP contribution in [0.2, 0.25) is 0 Å². The van der Waals surface area contributed by atoms with Gasteiger partial charge >= 0.3 is 0 Å². The van der Waals surface area contributed by atoms with Gasteiger partial charge in [0.05, 0.1) is 13.1 Å². The summed E-state index contributed by atoms with van der Waals surface area (Å²) in [6, 6.07) is 6.72. The number of allylic oxidation sites excluding steroid dienone is 1. The quantitative estimate of drug-likeness (QED) is 0.714. The minimum Gasteiger partial charge on any atom is -0.343 e. The van der Waals surface area contributed by atoms with Crippen molar-refractivity contribution < 1.29 is 9.71 Å². The van der Waals surface area contributed by atoms with E-state index in [1.807, 2.05) is 12.1 Å². The molecule has 0 aliphatic heterocycles. The zero-order chi connectivity index (χ0) is 11.1. The van der Waals surface area contributed by atoms with Gasteiger partial charge in [-0.3, -0.25) is 0 Å². The molecule has 15 heavy (non-hydrogen) atoms. The van der Waals surface area contributed by atoms with E-state index in [1.54, 1.807) is 0 Å². The molecule has 0 fully saturated rings. The zero-order valence-corrected chi connectivity index (χ0v) is 9.46. The van der Waals surface area contributed by atoms with E-state index in [1.165, 1.54) is 17.7 Å². The van der Waals surface area contributed by atoms with Crippen LogP contribution in [0.5, 0.6) is 0 Å². The fraction of sp³-hybridized carbons (Fsp3) is 0.385. The van der Waals surface area contributed by atoms with E-state index in [4.69, 9.17) is 0 Å². The predicted molar refractivity (Wildman–Crippen MR) is 62.0 cm³/mol. The summed E-state index contributed by atoms with van der Waals surface area (Å²) in [6.07, 6.45) is 3.21. The van der Waals surface area contributed by atoms with Gasteiger partial charge in [0.15, 0.2) is 0 Å². The molecule has 0 heterocycles.